The van der Waals surface area contributed by atoms with Crippen LogP contribution in [0, 0.1) is 19.7 Å². The Bertz CT molecular complexity index is 946. The summed E-state index contributed by atoms with van der Waals surface area (Å²) >= 11 is 0. The van der Waals surface area contributed by atoms with Crippen molar-refractivity contribution in [3.63, 3.8) is 0 Å². The highest BCUT2D eigenvalue weighted by Gasteiger charge is 2.33. The molecule has 2 aromatic carbocycles. The Kier molecular flexibility index (Phi) is 4.47. The molecule has 0 saturated heterocycles. The van der Waals surface area contributed by atoms with Gasteiger partial charge in [0, 0.05) is 11.1 Å². The lowest BCUT2D eigenvalue weighted by molar-refractivity contribution is 0.0979. The summed E-state index contributed by atoms with van der Waals surface area (Å²) in [5.41, 5.74) is 2.34. The molecule has 0 aliphatic carbocycles. The summed E-state index contributed by atoms with van der Waals surface area (Å²) in [6, 6.07) is 10.6. The fourth-order valence-electron chi connectivity index (χ4n) is 3.03. The van der Waals surface area contributed by atoms with Gasteiger partial charge in [-0.25, -0.2) is 12.8 Å². The number of halogens is 1. The standard InChI is InChI=1S/C19H18FNO3S/c1-13-9-14(2)11-16(10-13)21(15-7-8-25(23,24)12-15)19(22)17-5-3-4-6-18(17)20/h3-11,15H,12H2,1-2H3/t15-/m1/s1. The fraction of sp³-hybridized carbons (Fsp3) is 0.211. The molecule has 0 aromatic heterocycles. The second-order valence-electron chi connectivity index (χ2n) is 6.23. The smallest absolute Gasteiger partial charge is 0.261 e. The Morgan fingerprint density at radius 1 is 1.12 bits per heavy atom. The maximum Gasteiger partial charge on any atom is 0.261 e. The number of amides is 1. The summed E-state index contributed by atoms with van der Waals surface area (Å²) in [7, 11) is -3.36. The number of nitrogens with zero attached hydrogens (tertiary/aromatic N) is 1. The van der Waals surface area contributed by atoms with E-state index in [0.29, 0.717) is 5.69 Å². The highest BCUT2D eigenvalue weighted by molar-refractivity contribution is 7.94. The minimum absolute atomic E-state index is 0.0839. The van der Waals surface area contributed by atoms with E-state index in [4.69, 9.17) is 0 Å². The maximum absolute atomic E-state index is 14.1. The third-order valence-corrected chi connectivity index (χ3v) is 5.43. The van der Waals surface area contributed by atoms with Gasteiger partial charge in [-0.1, -0.05) is 18.2 Å². The van der Waals surface area contributed by atoms with Gasteiger partial charge in [0.25, 0.3) is 5.91 Å². The summed E-state index contributed by atoms with van der Waals surface area (Å²) in [6.07, 6.45) is 1.48. The minimum Gasteiger partial charge on any atom is -0.300 e. The molecule has 0 fully saturated rings. The van der Waals surface area contributed by atoms with E-state index in [2.05, 4.69) is 0 Å². The molecular weight excluding hydrogens is 341 g/mol. The summed E-state index contributed by atoms with van der Waals surface area (Å²) < 4.78 is 37.8. The van der Waals surface area contributed by atoms with Crippen LogP contribution >= 0.6 is 0 Å². The molecule has 4 nitrogen and oxygen atoms in total. The van der Waals surface area contributed by atoms with Crippen LogP contribution in [-0.4, -0.2) is 26.1 Å². The van der Waals surface area contributed by atoms with Crippen LogP contribution in [0.5, 0.6) is 0 Å². The first-order valence-electron chi connectivity index (χ1n) is 7.84. The number of carbonyl (C=O) groups excluding carboxylic acids is 1. The molecule has 1 atom stereocenters. The zero-order valence-electron chi connectivity index (χ0n) is 13.9. The number of aryl methyl sites for hydroxylation is 2. The Morgan fingerprint density at radius 2 is 1.76 bits per heavy atom. The lowest BCUT2D eigenvalue weighted by Crippen LogP contribution is -2.41. The van der Waals surface area contributed by atoms with Crippen molar-refractivity contribution in [1.82, 2.24) is 0 Å². The van der Waals surface area contributed by atoms with Gasteiger partial charge in [0.1, 0.15) is 5.82 Å². The van der Waals surface area contributed by atoms with Gasteiger partial charge in [0.15, 0.2) is 9.84 Å². The van der Waals surface area contributed by atoms with E-state index in [-0.39, 0.29) is 11.3 Å². The van der Waals surface area contributed by atoms with Crippen LogP contribution in [-0.2, 0) is 9.84 Å². The molecule has 0 bridgehead atoms. The van der Waals surface area contributed by atoms with Crippen molar-refractivity contribution in [3.05, 3.63) is 76.5 Å². The second kappa shape index (κ2) is 6.44. The largest absolute Gasteiger partial charge is 0.300 e. The average molecular weight is 359 g/mol. The van der Waals surface area contributed by atoms with Gasteiger partial charge in [-0.05, 0) is 55.3 Å². The predicted octanol–water partition coefficient (Wildman–Crippen LogP) is 3.40. The highest BCUT2D eigenvalue weighted by atomic mass is 32.2. The topological polar surface area (TPSA) is 54.5 Å². The molecule has 0 unspecified atom stereocenters. The number of carbonyl (C=O) groups is 1. The van der Waals surface area contributed by atoms with Crippen LogP contribution in [0.3, 0.4) is 0 Å². The van der Waals surface area contributed by atoms with Gasteiger partial charge >= 0.3 is 0 Å². The van der Waals surface area contributed by atoms with Crippen molar-refractivity contribution in [2.75, 3.05) is 10.7 Å². The van der Waals surface area contributed by atoms with Crippen LogP contribution in [0.15, 0.2) is 53.9 Å². The SMILES string of the molecule is Cc1cc(C)cc(N(C(=O)c2ccccc2F)[C@@H]2C=CS(=O)(=O)C2)c1. The molecule has 25 heavy (non-hydrogen) atoms. The molecule has 1 heterocycles. The number of hydrogen-bond donors (Lipinski definition) is 0. The molecule has 0 saturated carbocycles. The lowest BCUT2D eigenvalue weighted by Gasteiger charge is -2.28. The molecule has 2 aromatic rings. The monoisotopic (exact) mass is 359 g/mol. The predicted molar refractivity (Wildman–Crippen MR) is 95.8 cm³/mol. The normalized spacial score (nSPS) is 18.3. The number of rotatable bonds is 3. The van der Waals surface area contributed by atoms with E-state index in [1.807, 2.05) is 19.9 Å². The van der Waals surface area contributed by atoms with E-state index in [0.717, 1.165) is 16.5 Å². The van der Waals surface area contributed by atoms with Gasteiger partial charge in [-0.3, -0.25) is 4.79 Å². The molecule has 1 aliphatic heterocycles. The third kappa shape index (κ3) is 3.64. The first kappa shape index (κ1) is 17.4. The first-order chi connectivity index (χ1) is 11.8. The van der Waals surface area contributed by atoms with Gasteiger partial charge < -0.3 is 4.90 Å². The Labute approximate surface area is 146 Å². The van der Waals surface area contributed by atoms with Crippen molar-refractivity contribution in [1.29, 1.82) is 0 Å². The van der Waals surface area contributed by atoms with Crippen molar-refractivity contribution < 1.29 is 17.6 Å². The van der Waals surface area contributed by atoms with Gasteiger partial charge in [-0.2, -0.15) is 0 Å². The zero-order chi connectivity index (χ0) is 18.2. The van der Waals surface area contributed by atoms with Crippen molar-refractivity contribution in [2.24, 2.45) is 0 Å². The van der Waals surface area contributed by atoms with Gasteiger partial charge in [0.05, 0.1) is 17.4 Å². The Morgan fingerprint density at radius 3 is 2.32 bits per heavy atom. The average Bonchev–Trinajstić information content (AvgIpc) is 2.86. The molecule has 1 aliphatic rings. The molecule has 6 heteroatoms. The van der Waals surface area contributed by atoms with Crippen LogP contribution in [0.4, 0.5) is 10.1 Å². The van der Waals surface area contributed by atoms with Gasteiger partial charge in [0.2, 0.25) is 0 Å². The molecule has 0 radical (unpaired) electrons. The summed E-state index contributed by atoms with van der Waals surface area (Å²) in [6.45, 7) is 3.78. The molecule has 130 valence electrons. The zero-order valence-corrected chi connectivity index (χ0v) is 14.8. The summed E-state index contributed by atoms with van der Waals surface area (Å²) in [5, 5.41) is 1.11. The maximum atomic E-state index is 14.1. The molecule has 3 rings (SSSR count). The van der Waals surface area contributed by atoms with Crippen LogP contribution in [0.2, 0.25) is 0 Å². The van der Waals surface area contributed by atoms with Crippen LogP contribution in [0.1, 0.15) is 21.5 Å². The Balaban J connectivity index is 2.11. The van der Waals surface area contributed by atoms with Crippen molar-refractivity contribution in [2.45, 2.75) is 19.9 Å². The summed E-state index contributed by atoms with van der Waals surface area (Å²) in [4.78, 5) is 14.4. The molecular formula is C19H18FNO3S. The van der Waals surface area contributed by atoms with E-state index in [1.54, 1.807) is 18.2 Å². The van der Waals surface area contributed by atoms with E-state index in [1.165, 1.54) is 29.2 Å². The number of hydrogen-bond acceptors (Lipinski definition) is 3. The van der Waals surface area contributed by atoms with Gasteiger partial charge in [-0.15, -0.1) is 0 Å². The Hall–Kier alpha value is -2.47. The van der Waals surface area contributed by atoms with Crippen molar-refractivity contribution >= 4 is 21.4 Å². The van der Waals surface area contributed by atoms with Crippen LogP contribution in [0.25, 0.3) is 0 Å². The highest BCUT2D eigenvalue weighted by Crippen LogP contribution is 2.27. The van der Waals surface area contributed by atoms with E-state index < -0.39 is 27.6 Å². The second-order valence-corrected chi connectivity index (χ2v) is 8.16. The number of anilines is 1. The number of sulfone groups is 1. The molecule has 0 spiro atoms. The van der Waals surface area contributed by atoms with E-state index >= 15 is 0 Å². The summed E-state index contributed by atoms with van der Waals surface area (Å²) in [5.74, 6) is -1.40. The minimum atomic E-state index is -3.36. The first-order valence-corrected chi connectivity index (χ1v) is 9.56. The van der Waals surface area contributed by atoms with Crippen LogP contribution < -0.4 is 4.90 Å². The lowest BCUT2D eigenvalue weighted by atomic mass is 10.1. The quantitative estimate of drug-likeness (QED) is 0.844. The molecule has 1 amide bonds. The van der Waals surface area contributed by atoms with Crippen molar-refractivity contribution in [3.8, 4) is 0 Å². The number of benzene rings is 2. The molecule has 0 N–H and O–H groups in total. The fourth-order valence-corrected chi connectivity index (χ4v) is 4.30. The third-order valence-electron chi connectivity index (χ3n) is 4.05. The van der Waals surface area contributed by atoms with E-state index in [9.17, 15) is 17.6 Å².